The highest BCUT2D eigenvalue weighted by atomic mass is 16.2. The molecule has 0 aromatic heterocycles. The number of nitrogens with one attached hydrogen (secondary N) is 1. The molecule has 5 rings (SSSR count). The van der Waals surface area contributed by atoms with Crippen molar-refractivity contribution in [1.29, 1.82) is 0 Å². The first kappa shape index (κ1) is 22.2. The minimum Gasteiger partial charge on any atom is -0.341 e. The number of aryl methyl sites for hydroxylation is 2. The van der Waals surface area contributed by atoms with Crippen molar-refractivity contribution < 1.29 is 9.59 Å². The van der Waals surface area contributed by atoms with Crippen LogP contribution < -0.4 is 15.1 Å². The molecule has 5 heteroatoms. The van der Waals surface area contributed by atoms with Crippen molar-refractivity contribution in [1.82, 2.24) is 0 Å². The average Bonchev–Trinajstić information content (AvgIpc) is 3.59. The number of hydrogen-bond acceptors (Lipinski definition) is 3. The predicted molar refractivity (Wildman–Crippen MR) is 138 cm³/mol. The second-order valence-electron chi connectivity index (χ2n) is 9.62. The number of para-hydroxylation sites is 1. The summed E-state index contributed by atoms with van der Waals surface area (Å²) in [5.41, 5.74) is 6.11. The first-order chi connectivity index (χ1) is 16.5. The summed E-state index contributed by atoms with van der Waals surface area (Å²) in [5.74, 6) is 0.289. The van der Waals surface area contributed by atoms with Crippen LogP contribution in [0.5, 0.6) is 0 Å². The molecule has 5 nitrogen and oxygen atoms in total. The molecule has 174 valence electrons. The quantitative estimate of drug-likeness (QED) is 0.489. The average molecular weight is 454 g/mol. The Kier molecular flexibility index (Phi) is 6.10. The maximum atomic E-state index is 13.0. The number of rotatable bonds is 7. The fourth-order valence-electron chi connectivity index (χ4n) is 4.62. The first-order valence-electron chi connectivity index (χ1n) is 12.1. The van der Waals surface area contributed by atoms with E-state index in [1.54, 1.807) is 4.90 Å². The van der Waals surface area contributed by atoms with E-state index in [1.165, 1.54) is 18.5 Å². The third-order valence-corrected chi connectivity index (χ3v) is 6.80. The van der Waals surface area contributed by atoms with Crippen LogP contribution in [0.2, 0.25) is 0 Å². The largest absolute Gasteiger partial charge is 0.341 e. The Morgan fingerprint density at radius 2 is 1.68 bits per heavy atom. The summed E-state index contributed by atoms with van der Waals surface area (Å²) in [5, 5.41) is 3.03. The highest BCUT2D eigenvalue weighted by Gasteiger charge is 2.35. The maximum Gasteiger partial charge on any atom is 0.229 e. The Hall–Kier alpha value is -3.60. The van der Waals surface area contributed by atoms with Gasteiger partial charge in [0.05, 0.1) is 5.92 Å². The maximum absolute atomic E-state index is 13.0. The molecule has 3 aromatic rings. The lowest BCUT2D eigenvalue weighted by Crippen LogP contribution is -2.28. The fourth-order valence-corrected chi connectivity index (χ4v) is 4.62. The Morgan fingerprint density at radius 3 is 2.38 bits per heavy atom. The van der Waals surface area contributed by atoms with E-state index >= 15 is 0 Å². The van der Waals surface area contributed by atoms with Gasteiger partial charge in [-0.05, 0) is 86.2 Å². The highest BCUT2D eigenvalue weighted by molar-refractivity contribution is 6.04. The van der Waals surface area contributed by atoms with Crippen molar-refractivity contribution in [2.75, 3.05) is 28.2 Å². The summed E-state index contributed by atoms with van der Waals surface area (Å²) in [6.45, 7) is 5.43. The van der Waals surface area contributed by atoms with Crippen molar-refractivity contribution in [2.45, 2.75) is 33.1 Å². The minimum atomic E-state index is -0.359. The lowest BCUT2D eigenvalue weighted by Gasteiger charge is -2.25. The van der Waals surface area contributed by atoms with E-state index in [4.69, 9.17) is 0 Å². The highest BCUT2D eigenvalue weighted by Crippen LogP contribution is 2.35. The topological polar surface area (TPSA) is 52.7 Å². The van der Waals surface area contributed by atoms with Crippen LogP contribution in [0.1, 0.15) is 30.4 Å². The van der Waals surface area contributed by atoms with Gasteiger partial charge in [0.15, 0.2) is 0 Å². The van der Waals surface area contributed by atoms with Crippen LogP contribution in [0.25, 0.3) is 0 Å². The lowest BCUT2D eigenvalue weighted by molar-refractivity contribution is -0.122. The molecular weight excluding hydrogens is 422 g/mol. The van der Waals surface area contributed by atoms with Crippen LogP contribution in [-0.4, -0.2) is 24.9 Å². The Balaban J connectivity index is 1.26. The van der Waals surface area contributed by atoms with Gasteiger partial charge in [-0.25, -0.2) is 0 Å². The van der Waals surface area contributed by atoms with Gasteiger partial charge in [0.1, 0.15) is 0 Å². The number of carbonyl (C=O) groups excluding carboxylic acids is 2. The molecule has 0 bridgehead atoms. The van der Waals surface area contributed by atoms with Crippen LogP contribution in [0.3, 0.4) is 0 Å². The molecule has 0 radical (unpaired) electrons. The van der Waals surface area contributed by atoms with Gasteiger partial charge in [0.2, 0.25) is 11.8 Å². The van der Waals surface area contributed by atoms with Gasteiger partial charge in [-0.3, -0.25) is 9.59 Å². The molecule has 1 saturated carbocycles. The molecule has 3 aromatic carbocycles. The smallest absolute Gasteiger partial charge is 0.229 e. The van der Waals surface area contributed by atoms with Gasteiger partial charge in [-0.15, -0.1) is 0 Å². The number of nitrogens with zero attached hydrogens (tertiary/aromatic N) is 2. The molecule has 1 aliphatic heterocycles. The molecule has 1 atom stereocenters. The van der Waals surface area contributed by atoms with Gasteiger partial charge < -0.3 is 15.1 Å². The molecule has 1 aliphatic carbocycles. The molecule has 1 unspecified atom stereocenters. The van der Waals surface area contributed by atoms with Crippen LogP contribution in [0.4, 0.5) is 22.7 Å². The summed E-state index contributed by atoms with van der Waals surface area (Å²) >= 11 is 0. The van der Waals surface area contributed by atoms with Gasteiger partial charge in [-0.2, -0.15) is 0 Å². The summed E-state index contributed by atoms with van der Waals surface area (Å²) in [4.78, 5) is 29.8. The number of carbonyl (C=O) groups is 2. The van der Waals surface area contributed by atoms with Crippen LogP contribution in [0.15, 0.2) is 72.8 Å². The monoisotopic (exact) mass is 453 g/mol. The lowest BCUT2D eigenvalue weighted by atomic mass is 10.1. The Labute approximate surface area is 201 Å². The Bertz CT molecular complexity index is 1190. The third kappa shape index (κ3) is 4.84. The van der Waals surface area contributed by atoms with E-state index in [0.29, 0.717) is 6.54 Å². The first-order valence-corrected chi connectivity index (χ1v) is 12.1. The Morgan fingerprint density at radius 1 is 0.971 bits per heavy atom. The molecule has 0 spiro atoms. The molecule has 2 aliphatic rings. The van der Waals surface area contributed by atoms with Crippen LogP contribution >= 0.6 is 0 Å². The molecule has 2 fully saturated rings. The fraction of sp³-hybridized carbons (Fsp3) is 0.310. The number of hydrogen-bond donors (Lipinski definition) is 1. The molecule has 2 amide bonds. The second kappa shape index (κ2) is 9.34. The van der Waals surface area contributed by atoms with Crippen molar-refractivity contribution in [3.05, 3.63) is 83.9 Å². The summed E-state index contributed by atoms with van der Waals surface area (Å²) in [6, 6.07) is 24.5. The van der Waals surface area contributed by atoms with E-state index in [0.717, 1.165) is 40.7 Å². The summed E-state index contributed by atoms with van der Waals surface area (Å²) < 4.78 is 0. The van der Waals surface area contributed by atoms with Gasteiger partial charge >= 0.3 is 0 Å². The van der Waals surface area contributed by atoms with Gasteiger partial charge in [0.25, 0.3) is 0 Å². The van der Waals surface area contributed by atoms with E-state index in [2.05, 4.69) is 46.6 Å². The summed E-state index contributed by atoms with van der Waals surface area (Å²) in [7, 11) is 0. The number of anilines is 4. The van der Waals surface area contributed by atoms with Gasteiger partial charge in [0, 0.05) is 42.3 Å². The van der Waals surface area contributed by atoms with Gasteiger partial charge in [-0.1, -0.05) is 30.3 Å². The zero-order valence-electron chi connectivity index (χ0n) is 19.8. The standard InChI is InChI=1S/C29H31N3O2/c1-20-8-9-21(2)27(16-20)32-19-23(17-28(32)33)29(34)30-24-12-14-26(15-13-24)31(18-22-10-11-22)25-6-4-3-5-7-25/h3-9,12-16,22-23H,10-11,17-19H2,1-2H3,(H,30,34). The van der Waals surface area contributed by atoms with Crippen LogP contribution in [-0.2, 0) is 9.59 Å². The van der Waals surface area contributed by atoms with E-state index in [9.17, 15) is 9.59 Å². The minimum absolute atomic E-state index is 0.00257. The molecule has 1 N–H and O–H groups in total. The van der Waals surface area contributed by atoms with Crippen molar-refractivity contribution >= 4 is 34.6 Å². The normalized spacial score (nSPS) is 17.6. The second-order valence-corrected chi connectivity index (χ2v) is 9.62. The zero-order chi connectivity index (χ0) is 23.7. The molecular formula is C29H31N3O2. The molecule has 1 heterocycles. The van der Waals surface area contributed by atoms with Crippen molar-refractivity contribution in [3.8, 4) is 0 Å². The van der Waals surface area contributed by atoms with Crippen molar-refractivity contribution in [2.24, 2.45) is 11.8 Å². The SMILES string of the molecule is Cc1ccc(C)c(N2CC(C(=O)Nc3ccc(N(CC4CC4)c4ccccc4)cc3)CC2=O)c1. The number of amides is 2. The third-order valence-electron chi connectivity index (χ3n) is 6.80. The predicted octanol–water partition coefficient (Wildman–Crippen LogP) is 5.84. The van der Waals surface area contributed by atoms with Crippen LogP contribution in [0, 0.1) is 25.7 Å². The molecule has 1 saturated heterocycles. The molecule has 34 heavy (non-hydrogen) atoms. The van der Waals surface area contributed by atoms with Crippen molar-refractivity contribution in [3.63, 3.8) is 0 Å². The summed E-state index contributed by atoms with van der Waals surface area (Å²) in [6.07, 6.45) is 2.81. The van der Waals surface area contributed by atoms with E-state index in [1.807, 2.05) is 50.2 Å². The zero-order valence-corrected chi connectivity index (χ0v) is 19.8. The number of benzene rings is 3. The van der Waals surface area contributed by atoms with E-state index < -0.39 is 0 Å². The van der Waals surface area contributed by atoms with E-state index in [-0.39, 0.29) is 24.2 Å².